The molecule has 26 heavy (non-hydrogen) atoms. The van der Waals surface area contributed by atoms with Gasteiger partial charge in [-0.2, -0.15) is 4.31 Å². The lowest BCUT2D eigenvalue weighted by molar-refractivity contribution is 0.0910. The Bertz CT molecular complexity index is 760. The predicted molar refractivity (Wildman–Crippen MR) is 103 cm³/mol. The predicted octanol–water partition coefficient (Wildman–Crippen LogP) is 3.82. The van der Waals surface area contributed by atoms with Gasteiger partial charge in [-0.1, -0.05) is 37.8 Å². The van der Waals surface area contributed by atoms with Crippen LogP contribution in [0, 0.1) is 5.92 Å². The molecule has 0 unspecified atom stereocenters. The fourth-order valence-electron chi connectivity index (χ4n) is 3.87. The number of halogens is 1. The summed E-state index contributed by atoms with van der Waals surface area (Å²) in [4.78, 5) is 12.7. The zero-order valence-electron chi connectivity index (χ0n) is 15.2. The number of sulfonamides is 1. The minimum atomic E-state index is -3.67. The molecule has 1 aromatic rings. The van der Waals surface area contributed by atoms with Gasteiger partial charge in [0.1, 0.15) is 4.90 Å². The van der Waals surface area contributed by atoms with Gasteiger partial charge in [0, 0.05) is 24.7 Å². The van der Waals surface area contributed by atoms with E-state index in [4.69, 9.17) is 11.6 Å². The van der Waals surface area contributed by atoms with E-state index in [0.717, 1.165) is 38.5 Å². The van der Waals surface area contributed by atoms with Crippen molar-refractivity contribution in [1.82, 2.24) is 9.62 Å². The minimum Gasteiger partial charge on any atom is -0.349 e. The maximum atomic E-state index is 12.9. The third-order valence-electron chi connectivity index (χ3n) is 5.55. The Balaban J connectivity index is 1.81. The second-order valence-electron chi connectivity index (χ2n) is 7.45. The van der Waals surface area contributed by atoms with E-state index < -0.39 is 10.0 Å². The Kier molecular flexibility index (Phi) is 6.25. The van der Waals surface area contributed by atoms with Crippen molar-refractivity contribution in [2.45, 2.75) is 62.8 Å². The molecular weight excluding hydrogens is 372 g/mol. The molecule has 1 saturated heterocycles. The van der Waals surface area contributed by atoms with Gasteiger partial charge in [0.05, 0.1) is 5.02 Å². The van der Waals surface area contributed by atoms with Crippen molar-refractivity contribution in [1.29, 1.82) is 0 Å². The van der Waals surface area contributed by atoms with Crippen molar-refractivity contribution in [3.63, 3.8) is 0 Å². The van der Waals surface area contributed by atoms with Crippen LogP contribution in [-0.4, -0.2) is 37.8 Å². The molecule has 1 saturated carbocycles. The van der Waals surface area contributed by atoms with Crippen molar-refractivity contribution in [2.75, 3.05) is 13.1 Å². The van der Waals surface area contributed by atoms with Gasteiger partial charge in [0.25, 0.3) is 5.91 Å². The number of hydrogen-bond acceptors (Lipinski definition) is 3. The lowest BCUT2D eigenvalue weighted by atomic mass is 9.86. The standard InChI is InChI=1S/C19H27ClN2O3S/c1-14-7-3-4-8-17(14)21-19(23)15-9-10-16(20)18(13-15)26(24,25)22-11-5-2-6-12-22/h9-10,13-14,17H,2-8,11-12H2,1H3,(H,21,23)/t14-,17+/m1/s1. The Morgan fingerprint density at radius 3 is 2.50 bits per heavy atom. The summed E-state index contributed by atoms with van der Waals surface area (Å²) in [6, 6.07) is 4.68. The molecule has 0 aromatic heterocycles. The summed E-state index contributed by atoms with van der Waals surface area (Å²) in [7, 11) is -3.67. The molecule has 5 nitrogen and oxygen atoms in total. The molecule has 1 amide bonds. The van der Waals surface area contributed by atoms with Crippen LogP contribution in [-0.2, 0) is 10.0 Å². The molecule has 0 bridgehead atoms. The Labute approximate surface area is 161 Å². The van der Waals surface area contributed by atoms with Crippen LogP contribution >= 0.6 is 11.6 Å². The molecule has 2 atom stereocenters. The fourth-order valence-corrected chi connectivity index (χ4v) is 5.89. The van der Waals surface area contributed by atoms with E-state index in [0.29, 0.717) is 24.6 Å². The van der Waals surface area contributed by atoms with Crippen LogP contribution in [0.15, 0.2) is 23.1 Å². The molecule has 1 aliphatic carbocycles. The van der Waals surface area contributed by atoms with E-state index in [1.54, 1.807) is 6.07 Å². The van der Waals surface area contributed by atoms with E-state index in [2.05, 4.69) is 12.2 Å². The lowest BCUT2D eigenvalue weighted by Gasteiger charge is -2.29. The van der Waals surface area contributed by atoms with Gasteiger partial charge in [-0.15, -0.1) is 0 Å². The van der Waals surface area contributed by atoms with Crippen molar-refractivity contribution < 1.29 is 13.2 Å². The van der Waals surface area contributed by atoms with Gasteiger partial charge in [0.2, 0.25) is 10.0 Å². The summed E-state index contributed by atoms with van der Waals surface area (Å²) >= 11 is 6.18. The van der Waals surface area contributed by atoms with Crippen molar-refractivity contribution >= 4 is 27.5 Å². The number of hydrogen-bond donors (Lipinski definition) is 1. The van der Waals surface area contributed by atoms with E-state index in [1.807, 2.05) is 0 Å². The highest BCUT2D eigenvalue weighted by Crippen LogP contribution is 2.28. The van der Waals surface area contributed by atoms with E-state index in [9.17, 15) is 13.2 Å². The Morgan fingerprint density at radius 1 is 1.12 bits per heavy atom. The summed E-state index contributed by atoms with van der Waals surface area (Å²) < 4.78 is 27.3. The smallest absolute Gasteiger partial charge is 0.251 e. The average Bonchev–Trinajstić information content (AvgIpc) is 2.64. The molecule has 1 aromatic carbocycles. The first kappa shape index (κ1) is 19.6. The van der Waals surface area contributed by atoms with Crippen molar-refractivity contribution in [3.05, 3.63) is 28.8 Å². The Hall–Kier alpha value is -1.11. The zero-order chi connectivity index (χ0) is 18.7. The highest BCUT2D eigenvalue weighted by atomic mass is 35.5. The number of nitrogens with zero attached hydrogens (tertiary/aromatic N) is 1. The second kappa shape index (κ2) is 8.28. The van der Waals surface area contributed by atoms with E-state index in [1.165, 1.54) is 22.9 Å². The van der Waals surface area contributed by atoms with Crippen molar-refractivity contribution in [2.24, 2.45) is 5.92 Å². The maximum absolute atomic E-state index is 12.9. The average molecular weight is 399 g/mol. The normalized spacial score (nSPS) is 25.0. The quantitative estimate of drug-likeness (QED) is 0.838. The summed E-state index contributed by atoms with van der Waals surface area (Å²) in [6.45, 7) is 3.17. The van der Waals surface area contributed by atoms with Gasteiger partial charge in [-0.25, -0.2) is 8.42 Å². The molecule has 3 rings (SSSR count). The first-order chi connectivity index (χ1) is 12.4. The lowest BCUT2D eigenvalue weighted by Crippen LogP contribution is -2.41. The van der Waals surface area contributed by atoms with Crippen LogP contribution in [0.4, 0.5) is 0 Å². The van der Waals surface area contributed by atoms with Gasteiger partial charge < -0.3 is 5.32 Å². The fraction of sp³-hybridized carbons (Fsp3) is 0.632. The first-order valence-electron chi connectivity index (χ1n) is 9.50. The summed E-state index contributed by atoms with van der Waals surface area (Å²) in [6.07, 6.45) is 7.16. The molecule has 2 fully saturated rings. The minimum absolute atomic E-state index is 0.0328. The molecule has 7 heteroatoms. The summed E-state index contributed by atoms with van der Waals surface area (Å²) in [5, 5.41) is 3.24. The van der Waals surface area contributed by atoms with Gasteiger partial charge >= 0.3 is 0 Å². The van der Waals surface area contributed by atoms with Crippen LogP contribution in [0.5, 0.6) is 0 Å². The number of carbonyl (C=O) groups excluding carboxylic acids is 1. The largest absolute Gasteiger partial charge is 0.349 e. The summed E-state index contributed by atoms with van der Waals surface area (Å²) in [5.74, 6) is 0.215. The van der Waals surface area contributed by atoms with Crippen LogP contribution in [0.25, 0.3) is 0 Å². The monoisotopic (exact) mass is 398 g/mol. The second-order valence-corrected chi connectivity index (χ2v) is 9.77. The number of carbonyl (C=O) groups is 1. The molecule has 2 aliphatic rings. The highest BCUT2D eigenvalue weighted by Gasteiger charge is 2.29. The molecule has 1 aliphatic heterocycles. The van der Waals surface area contributed by atoms with Gasteiger partial charge in [0.15, 0.2) is 0 Å². The van der Waals surface area contributed by atoms with Crippen LogP contribution in [0.2, 0.25) is 5.02 Å². The molecular formula is C19H27ClN2O3S. The van der Waals surface area contributed by atoms with Gasteiger partial charge in [-0.3, -0.25) is 4.79 Å². The Morgan fingerprint density at radius 2 is 1.81 bits per heavy atom. The molecule has 0 radical (unpaired) electrons. The molecule has 144 valence electrons. The maximum Gasteiger partial charge on any atom is 0.251 e. The van der Waals surface area contributed by atoms with Gasteiger partial charge in [-0.05, 0) is 49.8 Å². The third-order valence-corrected chi connectivity index (χ3v) is 7.93. The summed E-state index contributed by atoms with van der Waals surface area (Å²) in [5.41, 5.74) is 0.350. The number of amides is 1. The van der Waals surface area contributed by atoms with Crippen LogP contribution in [0.1, 0.15) is 62.2 Å². The molecule has 0 spiro atoms. The van der Waals surface area contributed by atoms with Crippen LogP contribution in [0.3, 0.4) is 0 Å². The zero-order valence-corrected chi connectivity index (χ0v) is 16.8. The molecule has 1 N–H and O–H groups in total. The van der Waals surface area contributed by atoms with Crippen LogP contribution < -0.4 is 5.32 Å². The van der Waals surface area contributed by atoms with E-state index >= 15 is 0 Å². The topological polar surface area (TPSA) is 66.5 Å². The number of benzene rings is 1. The third kappa shape index (κ3) is 4.24. The van der Waals surface area contributed by atoms with Crippen molar-refractivity contribution in [3.8, 4) is 0 Å². The van der Waals surface area contributed by atoms with E-state index in [-0.39, 0.29) is 21.9 Å². The number of piperidine rings is 1. The number of rotatable bonds is 4. The first-order valence-corrected chi connectivity index (χ1v) is 11.3. The SMILES string of the molecule is C[C@@H]1CCCC[C@@H]1NC(=O)c1ccc(Cl)c(S(=O)(=O)N2CCCCC2)c1. The number of nitrogens with one attached hydrogen (secondary N) is 1. The molecule has 1 heterocycles. The highest BCUT2D eigenvalue weighted by molar-refractivity contribution is 7.89.